The zero-order chi connectivity index (χ0) is 15.6. The first-order valence-corrected chi connectivity index (χ1v) is 8.08. The number of aryl methyl sites for hydroxylation is 1. The van der Waals surface area contributed by atoms with Gasteiger partial charge in [0.05, 0.1) is 5.69 Å². The highest BCUT2D eigenvalue weighted by atomic mass is 79.9. The van der Waals surface area contributed by atoms with Gasteiger partial charge in [-0.2, -0.15) is 8.42 Å². The summed E-state index contributed by atoms with van der Waals surface area (Å²) in [5, 5.41) is 2.42. The minimum atomic E-state index is -4.90. The molecule has 0 aliphatic rings. The van der Waals surface area contributed by atoms with Crippen LogP contribution in [0.5, 0.6) is 0 Å². The molecule has 4 nitrogen and oxygen atoms in total. The first-order valence-electron chi connectivity index (χ1n) is 5.90. The molecule has 0 aliphatic carbocycles. The van der Waals surface area contributed by atoms with Crippen molar-refractivity contribution in [3.8, 4) is 0 Å². The van der Waals surface area contributed by atoms with Crippen molar-refractivity contribution < 1.29 is 17.1 Å². The van der Waals surface area contributed by atoms with E-state index in [9.17, 15) is 17.1 Å². The Balaban J connectivity index is 2.37. The molecule has 2 aromatic rings. The van der Waals surface area contributed by atoms with Gasteiger partial charge in [-0.1, -0.05) is 28.1 Å². The van der Waals surface area contributed by atoms with Crippen molar-refractivity contribution in [1.82, 2.24) is 0 Å². The molecule has 0 radical (unpaired) electrons. The molecule has 1 N–H and O–H groups in total. The quantitative estimate of drug-likeness (QED) is 0.837. The molecule has 0 atom stereocenters. The number of anilines is 1. The summed E-state index contributed by atoms with van der Waals surface area (Å²) in [4.78, 5) is 11.6. The molecule has 0 bridgehead atoms. The molecule has 2 aromatic carbocycles. The van der Waals surface area contributed by atoms with E-state index in [2.05, 4.69) is 21.2 Å². The predicted molar refractivity (Wildman–Crippen MR) is 81.6 cm³/mol. The van der Waals surface area contributed by atoms with Crippen LogP contribution in [-0.4, -0.2) is 14.3 Å². The molecule has 21 heavy (non-hydrogen) atoms. The third-order valence-electron chi connectivity index (χ3n) is 2.83. The molecular weight excluding hydrogens is 361 g/mol. The lowest BCUT2D eigenvalue weighted by atomic mass is 10.1. The summed E-state index contributed by atoms with van der Waals surface area (Å²) < 4.78 is 36.1. The Hall–Kier alpha value is -1.73. The summed E-state index contributed by atoms with van der Waals surface area (Å²) in [5.41, 5.74) is 0.999. The summed E-state index contributed by atoms with van der Waals surface area (Å²) in [6.45, 7) is 1.75. The van der Waals surface area contributed by atoms with Crippen LogP contribution in [0.3, 0.4) is 0 Å². The average molecular weight is 372 g/mol. The average Bonchev–Trinajstić information content (AvgIpc) is 2.37. The van der Waals surface area contributed by atoms with E-state index in [1.807, 2.05) is 0 Å². The highest BCUT2D eigenvalue weighted by molar-refractivity contribution is 9.10. The molecule has 0 aliphatic heterocycles. The number of rotatable bonds is 3. The van der Waals surface area contributed by atoms with E-state index in [1.54, 1.807) is 25.1 Å². The molecule has 110 valence electrons. The van der Waals surface area contributed by atoms with E-state index in [0.717, 1.165) is 10.5 Å². The Morgan fingerprint density at radius 1 is 1.19 bits per heavy atom. The number of carbonyl (C=O) groups is 1. The first-order chi connectivity index (χ1) is 9.79. The lowest BCUT2D eigenvalue weighted by Gasteiger charge is -2.10. The smallest absolute Gasteiger partial charge is 0.321 e. The fourth-order valence-electron chi connectivity index (χ4n) is 1.85. The molecule has 0 heterocycles. The van der Waals surface area contributed by atoms with Crippen LogP contribution in [0.2, 0.25) is 0 Å². The first kappa shape index (κ1) is 15.7. The van der Waals surface area contributed by atoms with Crippen molar-refractivity contribution in [3.05, 3.63) is 58.1 Å². The van der Waals surface area contributed by atoms with Gasteiger partial charge in [0, 0.05) is 10.0 Å². The summed E-state index contributed by atoms with van der Waals surface area (Å²) in [6, 6.07) is 10.4. The number of benzene rings is 2. The van der Waals surface area contributed by atoms with Crippen LogP contribution < -0.4 is 5.32 Å². The SMILES string of the molecule is Cc1cc(Br)ccc1C(=O)Nc1ccccc1S(=O)(=O)F. The maximum Gasteiger partial charge on any atom is 0.334 e. The molecule has 0 saturated heterocycles. The van der Waals surface area contributed by atoms with Crippen molar-refractivity contribution in [1.29, 1.82) is 0 Å². The fraction of sp³-hybridized carbons (Fsp3) is 0.0714. The van der Waals surface area contributed by atoms with Crippen molar-refractivity contribution in [2.75, 3.05) is 5.32 Å². The molecule has 0 aromatic heterocycles. The maximum absolute atomic E-state index is 13.2. The van der Waals surface area contributed by atoms with Gasteiger partial charge in [-0.3, -0.25) is 4.79 Å². The minimum Gasteiger partial charge on any atom is -0.321 e. The molecule has 2 rings (SSSR count). The van der Waals surface area contributed by atoms with E-state index >= 15 is 0 Å². The van der Waals surface area contributed by atoms with Crippen LogP contribution in [-0.2, 0) is 10.2 Å². The highest BCUT2D eigenvalue weighted by Gasteiger charge is 2.19. The lowest BCUT2D eigenvalue weighted by molar-refractivity contribution is 0.102. The van der Waals surface area contributed by atoms with Gasteiger partial charge in [-0.05, 0) is 42.8 Å². The molecule has 0 unspecified atom stereocenters. The van der Waals surface area contributed by atoms with E-state index in [0.29, 0.717) is 11.1 Å². The van der Waals surface area contributed by atoms with Crippen LogP contribution >= 0.6 is 15.9 Å². The van der Waals surface area contributed by atoms with E-state index in [1.165, 1.54) is 18.2 Å². The minimum absolute atomic E-state index is 0.0904. The molecular formula is C14H11BrFNO3S. The monoisotopic (exact) mass is 371 g/mol. The van der Waals surface area contributed by atoms with Gasteiger partial charge in [0.25, 0.3) is 5.91 Å². The zero-order valence-electron chi connectivity index (χ0n) is 10.9. The van der Waals surface area contributed by atoms with E-state index in [4.69, 9.17) is 0 Å². The van der Waals surface area contributed by atoms with Gasteiger partial charge in [-0.15, -0.1) is 3.89 Å². The Morgan fingerprint density at radius 3 is 2.48 bits per heavy atom. The second-order valence-corrected chi connectivity index (χ2v) is 6.58. The van der Waals surface area contributed by atoms with Gasteiger partial charge in [0.1, 0.15) is 4.90 Å². The van der Waals surface area contributed by atoms with Gasteiger partial charge in [-0.25, -0.2) is 0 Å². The summed E-state index contributed by atoms with van der Waals surface area (Å²) in [5.74, 6) is -0.504. The second-order valence-electron chi connectivity index (χ2n) is 4.35. The number of para-hydroxylation sites is 1. The number of hydrogen-bond acceptors (Lipinski definition) is 3. The number of nitrogens with one attached hydrogen (secondary N) is 1. The normalized spacial score (nSPS) is 11.2. The van der Waals surface area contributed by atoms with Crippen LogP contribution in [0.1, 0.15) is 15.9 Å². The van der Waals surface area contributed by atoms with Crippen molar-refractivity contribution in [2.24, 2.45) is 0 Å². The third kappa shape index (κ3) is 3.68. The Bertz CT molecular complexity index is 806. The lowest BCUT2D eigenvalue weighted by Crippen LogP contribution is -2.15. The van der Waals surface area contributed by atoms with Crippen molar-refractivity contribution in [2.45, 2.75) is 11.8 Å². The number of amides is 1. The highest BCUT2D eigenvalue weighted by Crippen LogP contribution is 2.24. The number of carbonyl (C=O) groups excluding carboxylic acids is 1. The van der Waals surface area contributed by atoms with Crippen molar-refractivity contribution in [3.63, 3.8) is 0 Å². The number of halogens is 2. The molecule has 1 amide bonds. The van der Waals surface area contributed by atoms with Crippen molar-refractivity contribution >= 4 is 37.7 Å². The third-order valence-corrected chi connectivity index (χ3v) is 4.21. The number of hydrogen-bond donors (Lipinski definition) is 1. The van der Waals surface area contributed by atoms with Crippen LogP contribution in [0, 0.1) is 6.92 Å². The van der Waals surface area contributed by atoms with Gasteiger partial charge in [0.15, 0.2) is 0 Å². The second kappa shape index (κ2) is 5.95. The Kier molecular flexibility index (Phi) is 4.43. The largest absolute Gasteiger partial charge is 0.334 e. The topological polar surface area (TPSA) is 63.2 Å². The maximum atomic E-state index is 13.2. The van der Waals surface area contributed by atoms with Gasteiger partial charge < -0.3 is 5.32 Å². The standard InChI is InChI=1S/C14H11BrFNO3S/c1-9-8-10(15)6-7-11(9)14(18)17-12-4-2-3-5-13(12)21(16,19)20/h2-8H,1H3,(H,17,18). The molecule has 0 spiro atoms. The molecule has 7 heteroatoms. The Morgan fingerprint density at radius 2 is 1.86 bits per heavy atom. The van der Waals surface area contributed by atoms with E-state index < -0.39 is 21.0 Å². The fourth-order valence-corrected chi connectivity index (χ4v) is 2.95. The van der Waals surface area contributed by atoms with E-state index in [-0.39, 0.29) is 5.69 Å². The molecule has 0 fully saturated rings. The Labute approximate surface area is 130 Å². The predicted octanol–water partition coefficient (Wildman–Crippen LogP) is 3.67. The summed E-state index contributed by atoms with van der Waals surface area (Å²) in [7, 11) is -4.90. The van der Waals surface area contributed by atoms with Crippen LogP contribution in [0.15, 0.2) is 51.8 Å². The van der Waals surface area contributed by atoms with Gasteiger partial charge >= 0.3 is 10.2 Å². The summed E-state index contributed by atoms with van der Waals surface area (Å²) >= 11 is 3.29. The van der Waals surface area contributed by atoms with Crippen LogP contribution in [0.25, 0.3) is 0 Å². The van der Waals surface area contributed by atoms with Gasteiger partial charge in [0.2, 0.25) is 0 Å². The molecule has 0 saturated carbocycles. The zero-order valence-corrected chi connectivity index (χ0v) is 13.3. The summed E-state index contributed by atoms with van der Waals surface area (Å²) in [6.07, 6.45) is 0. The van der Waals surface area contributed by atoms with Crippen LogP contribution in [0.4, 0.5) is 9.57 Å².